The van der Waals surface area contributed by atoms with Gasteiger partial charge < -0.3 is 10.2 Å². The number of hydrogen-bond donors (Lipinski definition) is 1. The lowest BCUT2D eigenvalue weighted by Crippen LogP contribution is -2.36. The molecule has 2 heterocycles. The number of pyridine rings is 1. The Kier molecular flexibility index (Phi) is 5.53. The van der Waals surface area contributed by atoms with E-state index in [1.54, 1.807) is 18.5 Å². The Morgan fingerprint density at radius 1 is 1.17 bits per heavy atom. The molecule has 1 aliphatic heterocycles. The third-order valence-electron chi connectivity index (χ3n) is 4.74. The van der Waals surface area contributed by atoms with Crippen LogP contribution < -0.4 is 5.32 Å². The second kappa shape index (κ2) is 7.81. The monoisotopic (exact) mass is 331 g/mol. The van der Waals surface area contributed by atoms with Gasteiger partial charge in [-0.15, -0.1) is 0 Å². The van der Waals surface area contributed by atoms with Gasteiger partial charge in [-0.3, -0.25) is 4.98 Å². The molecule has 1 atom stereocenters. The molecule has 1 unspecified atom stereocenters. The van der Waals surface area contributed by atoms with Crippen LogP contribution in [0.3, 0.4) is 0 Å². The van der Waals surface area contributed by atoms with Crippen molar-refractivity contribution in [2.24, 2.45) is 5.92 Å². The van der Waals surface area contributed by atoms with Crippen LogP contribution in [0.2, 0.25) is 0 Å². The normalized spacial score (nSPS) is 17.8. The quantitative estimate of drug-likeness (QED) is 0.910. The van der Waals surface area contributed by atoms with Crippen molar-refractivity contribution < 1.29 is 8.78 Å². The minimum atomic E-state index is -0.820. The summed E-state index contributed by atoms with van der Waals surface area (Å²) < 4.78 is 26.9. The zero-order chi connectivity index (χ0) is 16.9. The number of piperidine rings is 1. The number of aromatic nitrogens is 1. The first-order valence-electron chi connectivity index (χ1n) is 8.40. The van der Waals surface area contributed by atoms with Crippen LogP contribution in [-0.4, -0.2) is 36.6 Å². The maximum Gasteiger partial charge on any atom is 0.159 e. The molecule has 1 aromatic carbocycles. The lowest BCUT2D eigenvalue weighted by atomic mass is 9.95. The number of benzene rings is 1. The molecule has 3 rings (SSSR count). The Balaban J connectivity index is 1.76. The van der Waals surface area contributed by atoms with Crippen LogP contribution in [0.4, 0.5) is 8.78 Å². The summed E-state index contributed by atoms with van der Waals surface area (Å²) in [4.78, 5) is 6.50. The fraction of sp³-hybridized carbons (Fsp3) is 0.421. The van der Waals surface area contributed by atoms with Crippen molar-refractivity contribution in [2.45, 2.75) is 18.9 Å². The summed E-state index contributed by atoms with van der Waals surface area (Å²) in [5.41, 5.74) is 1.67. The summed E-state index contributed by atoms with van der Waals surface area (Å²) >= 11 is 0. The number of likely N-dealkylation sites (tertiary alicyclic amines) is 1. The molecule has 0 aliphatic carbocycles. The van der Waals surface area contributed by atoms with Crippen molar-refractivity contribution in [1.29, 1.82) is 0 Å². The zero-order valence-corrected chi connectivity index (χ0v) is 13.9. The predicted molar refractivity (Wildman–Crippen MR) is 90.7 cm³/mol. The molecular formula is C19H23F2N3. The molecule has 1 aromatic heterocycles. The number of nitrogens with zero attached hydrogens (tertiary/aromatic N) is 2. The van der Waals surface area contributed by atoms with E-state index in [0.29, 0.717) is 5.92 Å². The van der Waals surface area contributed by atoms with Crippen molar-refractivity contribution in [3.05, 3.63) is 65.5 Å². The average Bonchev–Trinajstić information content (AvgIpc) is 2.61. The first-order chi connectivity index (χ1) is 11.6. The van der Waals surface area contributed by atoms with Crippen molar-refractivity contribution in [3.8, 4) is 0 Å². The maximum atomic E-state index is 13.7. The zero-order valence-electron chi connectivity index (χ0n) is 13.9. The summed E-state index contributed by atoms with van der Waals surface area (Å²) in [6.07, 6.45) is 5.79. The summed E-state index contributed by atoms with van der Waals surface area (Å²) in [5.74, 6) is -1.04. The van der Waals surface area contributed by atoms with Gasteiger partial charge in [0.2, 0.25) is 0 Å². The van der Waals surface area contributed by atoms with Crippen LogP contribution in [-0.2, 0) is 0 Å². The molecule has 2 aromatic rings. The van der Waals surface area contributed by atoms with E-state index in [4.69, 9.17) is 0 Å². The van der Waals surface area contributed by atoms with E-state index in [1.807, 2.05) is 12.1 Å². The highest BCUT2D eigenvalue weighted by molar-refractivity contribution is 5.30. The van der Waals surface area contributed by atoms with E-state index in [0.717, 1.165) is 43.6 Å². The SMILES string of the molecule is CN1CCC(CNC(c2cccnc2)c2ccc(F)c(F)c2)CC1. The third-order valence-corrected chi connectivity index (χ3v) is 4.74. The first-order valence-corrected chi connectivity index (χ1v) is 8.40. The van der Waals surface area contributed by atoms with Crippen LogP contribution in [0.1, 0.15) is 30.0 Å². The van der Waals surface area contributed by atoms with E-state index in [9.17, 15) is 8.78 Å². The molecule has 5 heteroatoms. The van der Waals surface area contributed by atoms with E-state index in [-0.39, 0.29) is 6.04 Å². The molecule has 24 heavy (non-hydrogen) atoms. The Morgan fingerprint density at radius 3 is 2.62 bits per heavy atom. The Bertz CT molecular complexity index is 655. The van der Waals surface area contributed by atoms with Gasteiger partial charge in [0.1, 0.15) is 0 Å². The molecule has 3 nitrogen and oxygen atoms in total. The lowest BCUT2D eigenvalue weighted by Gasteiger charge is -2.30. The summed E-state index contributed by atoms with van der Waals surface area (Å²) in [7, 11) is 2.14. The van der Waals surface area contributed by atoms with Crippen LogP contribution >= 0.6 is 0 Å². The van der Waals surface area contributed by atoms with E-state index >= 15 is 0 Å². The lowest BCUT2D eigenvalue weighted by molar-refractivity contribution is 0.214. The second-order valence-electron chi connectivity index (χ2n) is 6.55. The van der Waals surface area contributed by atoms with Crippen molar-refractivity contribution >= 4 is 0 Å². The highest BCUT2D eigenvalue weighted by Crippen LogP contribution is 2.24. The van der Waals surface area contributed by atoms with Gasteiger partial charge in [0, 0.05) is 12.4 Å². The molecule has 0 amide bonds. The number of nitrogens with one attached hydrogen (secondary N) is 1. The summed E-state index contributed by atoms with van der Waals surface area (Å²) in [6, 6.07) is 7.73. The second-order valence-corrected chi connectivity index (χ2v) is 6.55. The van der Waals surface area contributed by atoms with Gasteiger partial charge in [0.25, 0.3) is 0 Å². The van der Waals surface area contributed by atoms with Crippen LogP contribution in [0, 0.1) is 17.6 Å². The third kappa shape index (κ3) is 4.16. The van der Waals surface area contributed by atoms with E-state index < -0.39 is 11.6 Å². The molecule has 0 saturated carbocycles. The standard InChI is InChI=1S/C19H23F2N3/c1-24-9-6-14(7-10-24)12-23-19(16-3-2-8-22-13-16)15-4-5-17(20)18(21)11-15/h2-5,8,11,13-14,19,23H,6-7,9-10,12H2,1H3. The Hall–Kier alpha value is -1.85. The van der Waals surface area contributed by atoms with Gasteiger partial charge in [-0.2, -0.15) is 0 Å². The van der Waals surface area contributed by atoms with Crippen molar-refractivity contribution in [3.63, 3.8) is 0 Å². The number of halogens is 2. The first kappa shape index (κ1) is 17.0. The molecule has 0 spiro atoms. The van der Waals surface area contributed by atoms with Gasteiger partial charge in [-0.1, -0.05) is 12.1 Å². The van der Waals surface area contributed by atoms with Gasteiger partial charge >= 0.3 is 0 Å². The van der Waals surface area contributed by atoms with Gasteiger partial charge in [0.05, 0.1) is 6.04 Å². The van der Waals surface area contributed by atoms with Crippen LogP contribution in [0.15, 0.2) is 42.7 Å². The van der Waals surface area contributed by atoms with Gasteiger partial charge in [0.15, 0.2) is 11.6 Å². The highest BCUT2D eigenvalue weighted by Gasteiger charge is 2.20. The molecule has 0 radical (unpaired) electrons. The minimum absolute atomic E-state index is 0.187. The van der Waals surface area contributed by atoms with E-state index in [1.165, 1.54) is 12.1 Å². The van der Waals surface area contributed by atoms with E-state index in [2.05, 4.69) is 22.2 Å². The number of hydrogen-bond acceptors (Lipinski definition) is 3. The molecular weight excluding hydrogens is 308 g/mol. The molecule has 1 saturated heterocycles. The van der Waals surface area contributed by atoms with Gasteiger partial charge in [-0.25, -0.2) is 8.78 Å². The molecule has 1 N–H and O–H groups in total. The van der Waals surface area contributed by atoms with Gasteiger partial charge in [-0.05, 0) is 74.8 Å². The predicted octanol–water partition coefficient (Wildman–Crippen LogP) is 3.38. The Morgan fingerprint density at radius 2 is 1.96 bits per heavy atom. The highest BCUT2D eigenvalue weighted by atomic mass is 19.2. The van der Waals surface area contributed by atoms with Crippen LogP contribution in [0.25, 0.3) is 0 Å². The minimum Gasteiger partial charge on any atom is -0.306 e. The molecule has 0 bridgehead atoms. The smallest absolute Gasteiger partial charge is 0.159 e. The fourth-order valence-electron chi connectivity index (χ4n) is 3.22. The largest absolute Gasteiger partial charge is 0.306 e. The number of rotatable bonds is 5. The van der Waals surface area contributed by atoms with Crippen LogP contribution in [0.5, 0.6) is 0 Å². The fourth-order valence-corrected chi connectivity index (χ4v) is 3.22. The summed E-state index contributed by atoms with van der Waals surface area (Å²) in [5, 5.41) is 3.54. The average molecular weight is 331 g/mol. The summed E-state index contributed by atoms with van der Waals surface area (Å²) in [6.45, 7) is 3.07. The van der Waals surface area contributed by atoms with Crippen molar-refractivity contribution in [2.75, 3.05) is 26.7 Å². The topological polar surface area (TPSA) is 28.2 Å². The molecule has 128 valence electrons. The molecule has 1 fully saturated rings. The molecule has 1 aliphatic rings. The maximum absolute atomic E-state index is 13.7. The van der Waals surface area contributed by atoms with Crippen molar-refractivity contribution in [1.82, 2.24) is 15.2 Å². The Labute approximate surface area is 141 Å².